The molecule has 5 heteroatoms. The number of hydrogen-bond donors (Lipinski definition) is 2. The normalized spacial score (nSPS) is 10.2. The van der Waals surface area contributed by atoms with Crippen LogP contribution < -0.4 is 10.6 Å². The number of nitrogens with one attached hydrogen (secondary N) is 1. The van der Waals surface area contributed by atoms with Crippen LogP contribution in [0.5, 0.6) is 0 Å². The molecule has 1 aromatic heterocycles. The van der Waals surface area contributed by atoms with Gasteiger partial charge in [-0.2, -0.15) is 0 Å². The molecule has 3 N–H and O–H groups in total. The summed E-state index contributed by atoms with van der Waals surface area (Å²) in [5.41, 5.74) is 7.76. The summed E-state index contributed by atoms with van der Waals surface area (Å²) in [7, 11) is 0. The molecule has 0 unspecified atom stereocenters. The summed E-state index contributed by atoms with van der Waals surface area (Å²) in [6.07, 6.45) is 3.25. The highest BCUT2D eigenvalue weighted by atomic mass is 19.1. The molecule has 0 amide bonds. The van der Waals surface area contributed by atoms with Gasteiger partial charge in [-0.25, -0.2) is 4.39 Å². The maximum atomic E-state index is 13.0. The number of amidine groups is 1. The molecule has 0 aliphatic rings. The first-order valence-electron chi connectivity index (χ1n) is 5.95. The van der Waals surface area contributed by atoms with Gasteiger partial charge < -0.3 is 10.6 Å². The number of nitrogens with two attached hydrogens (primary N) is 1. The fourth-order valence-corrected chi connectivity index (χ4v) is 1.94. The molecular weight excluding hydrogens is 243 g/mol. The SMILES string of the molecule is CCN(c1ccc(F)cc1)c1cnccc1C(=N)N. The van der Waals surface area contributed by atoms with Gasteiger partial charge in [-0.3, -0.25) is 10.4 Å². The highest BCUT2D eigenvalue weighted by Crippen LogP contribution is 2.27. The van der Waals surface area contributed by atoms with Gasteiger partial charge in [-0.15, -0.1) is 0 Å². The van der Waals surface area contributed by atoms with Crippen LogP contribution in [0.4, 0.5) is 15.8 Å². The molecule has 0 saturated heterocycles. The van der Waals surface area contributed by atoms with Crippen LogP contribution in [0.25, 0.3) is 0 Å². The Hall–Kier alpha value is -2.43. The zero-order valence-corrected chi connectivity index (χ0v) is 10.6. The van der Waals surface area contributed by atoms with E-state index >= 15 is 0 Å². The molecule has 0 aliphatic carbocycles. The van der Waals surface area contributed by atoms with E-state index in [0.717, 1.165) is 11.4 Å². The lowest BCUT2D eigenvalue weighted by Crippen LogP contribution is -2.22. The molecule has 2 aromatic rings. The minimum Gasteiger partial charge on any atom is -0.384 e. The van der Waals surface area contributed by atoms with E-state index in [-0.39, 0.29) is 11.7 Å². The number of anilines is 2. The van der Waals surface area contributed by atoms with Crippen LogP contribution in [0.15, 0.2) is 42.7 Å². The second kappa shape index (κ2) is 5.48. The van der Waals surface area contributed by atoms with Crippen LogP contribution in [0.2, 0.25) is 0 Å². The Balaban J connectivity index is 2.48. The van der Waals surface area contributed by atoms with Crippen molar-refractivity contribution in [3.05, 3.63) is 54.1 Å². The molecule has 0 bridgehead atoms. The van der Waals surface area contributed by atoms with Crippen LogP contribution in [-0.2, 0) is 0 Å². The number of hydrogen-bond acceptors (Lipinski definition) is 3. The topological polar surface area (TPSA) is 66.0 Å². The standard InChI is InChI=1S/C14H15FN4/c1-2-19(11-5-3-10(15)4-6-11)13-9-18-8-7-12(13)14(16)17/h3-9H,2H2,1H3,(H3,16,17). The van der Waals surface area contributed by atoms with Crippen LogP contribution >= 0.6 is 0 Å². The average molecular weight is 258 g/mol. The first-order chi connectivity index (χ1) is 9.13. The maximum Gasteiger partial charge on any atom is 0.125 e. The summed E-state index contributed by atoms with van der Waals surface area (Å²) >= 11 is 0. The van der Waals surface area contributed by atoms with E-state index in [2.05, 4.69) is 4.98 Å². The van der Waals surface area contributed by atoms with Crippen LogP contribution in [-0.4, -0.2) is 17.4 Å². The first kappa shape index (κ1) is 13.0. The number of pyridine rings is 1. The lowest BCUT2D eigenvalue weighted by atomic mass is 10.1. The van der Waals surface area contributed by atoms with Crippen molar-refractivity contribution in [2.24, 2.45) is 5.73 Å². The number of nitrogen functional groups attached to an aromatic ring is 1. The summed E-state index contributed by atoms with van der Waals surface area (Å²) in [6, 6.07) is 7.89. The molecule has 2 rings (SSSR count). The lowest BCUT2D eigenvalue weighted by Gasteiger charge is -2.25. The second-order valence-corrected chi connectivity index (χ2v) is 4.03. The van der Waals surface area contributed by atoms with Gasteiger partial charge in [0.05, 0.1) is 11.9 Å². The highest BCUT2D eigenvalue weighted by molar-refractivity contribution is 6.01. The molecule has 98 valence electrons. The van der Waals surface area contributed by atoms with E-state index in [9.17, 15) is 4.39 Å². The second-order valence-electron chi connectivity index (χ2n) is 4.03. The molecule has 0 radical (unpaired) electrons. The number of nitrogens with zero attached hydrogens (tertiary/aromatic N) is 2. The minimum absolute atomic E-state index is 0.0158. The van der Waals surface area contributed by atoms with Crippen molar-refractivity contribution in [1.82, 2.24) is 4.98 Å². The van der Waals surface area contributed by atoms with Crippen molar-refractivity contribution in [3.8, 4) is 0 Å². The van der Waals surface area contributed by atoms with Crippen molar-refractivity contribution in [1.29, 1.82) is 5.41 Å². The van der Waals surface area contributed by atoms with E-state index in [1.165, 1.54) is 12.1 Å². The van der Waals surface area contributed by atoms with Crippen LogP contribution in [0, 0.1) is 11.2 Å². The molecule has 0 fully saturated rings. The van der Waals surface area contributed by atoms with Crippen LogP contribution in [0.3, 0.4) is 0 Å². The fourth-order valence-electron chi connectivity index (χ4n) is 1.94. The predicted molar refractivity (Wildman–Crippen MR) is 74.3 cm³/mol. The smallest absolute Gasteiger partial charge is 0.125 e. The fraction of sp³-hybridized carbons (Fsp3) is 0.143. The Morgan fingerprint density at radius 3 is 2.58 bits per heavy atom. The lowest BCUT2D eigenvalue weighted by molar-refractivity contribution is 0.628. The Bertz CT molecular complexity index is 580. The molecule has 0 atom stereocenters. The van der Waals surface area contributed by atoms with E-state index in [4.69, 9.17) is 11.1 Å². The Labute approximate surface area is 111 Å². The maximum absolute atomic E-state index is 13.0. The Morgan fingerprint density at radius 2 is 2.00 bits per heavy atom. The van der Waals surface area contributed by atoms with Crippen molar-refractivity contribution < 1.29 is 4.39 Å². The van der Waals surface area contributed by atoms with Gasteiger partial charge in [0.25, 0.3) is 0 Å². The van der Waals surface area contributed by atoms with Crippen LogP contribution in [0.1, 0.15) is 12.5 Å². The first-order valence-corrected chi connectivity index (χ1v) is 5.95. The summed E-state index contributed by atoms with van der Waals surface area (Å²) in [5.74, 6) is -0.296. The third-order valence-corrected chi connectivity index (χ3v) is 2.84. The molecular formula is C14H15FN4. The molecule has 19 heavy (non-hydrogen) atoms. The van der Waals surface area contributed by atoms with Gasteiger partial charge in [0.15, 0.2) is 0 Å². The van der Waals surface area contributed by atoms with Gasteiger partial charge in [0.2, 0.25) is 0 Å². The van der Waals surface area contributed by atoms with E-state index in [1.807, 2.05) is 11.8 Å². The molecule has 0 aliphatic heterocycles. The zero-order valence-electron chi connectivity index (χ0n) is 10.6. The van der Waals surface area contributed by atoms with E-state index < -0.39 is 0 Å². The Kier molecular flexibility index (Phi) is 3.75. The molecule has 1 aromatic carbocycles. The highest BCUT2D eigenvalue weighted by Gasteiger charge is 2.13. The third-order valence-electron chi connectivity index (χ3n) is 2.84. The molecule has 1 heterocycles. The average Bonchev–Trinajstić information content (AvgIpc) is 2.42. The van der Waals surface area contributed by atoms with Gasteiger partial charge >= 0.3 is 0 Å². The molecule has 0 saturated carbocycles. The predicted octanol–water partition coefficient (Wildman–Crippen LogP) is 2.66. The van der Waals surface area contributed by atoms with E-state index in [1.54, 1.807) is 30.6 Å². The van der Waals surface area contributed by atoms with Gasteiger partial charge in [-0.05, 0) is 37.3 Å². The molecule has 4 nitrogen and oxygen atoms in total. The van der Waals surface area contributed by atoms with Crippen molar-refractivity contribution in [2.75, 3.05) is 11.4 Å². The largest absolute Gasteiger partial charge is 0.384 e. The quantitative estimate of drug-likeness (QED) is 0.654. The van der Waals surface area contributed by atoms with Gasteiger partial charge in [-0.1, -0.05) is 0 Å². The number of aromatic nitrogens is 1. The minimum atomic E-state index is -0.280. The van der Waals surface area contributed by atoms with Crippen molar-refractivity contribution >= 4 is 17.2 Å². The molecule has 0 spiro atoms. The number of halogens is 1. The van der Waals surface area contributed by atoms with E-state index in [0.29, 0.717) is 12.1 Å². The summed E-state index contributed by atoms with van der Waals surface area (Å²) in [6.45, 7) is 2.64. The number of benzene rings is 1. The summed E-state index contributed by atoms with van der Waals surface area (Å²) in [4.78, 5) is 6.01. The van der Waals surface area contributed by atoms with Gasteiger partial charge in [0.1, 0.15) is 11.7 Å². The monoisotopic (exact) mass is 258 g/mol. The third kappa shape index (κ3) is 2.70. The summed E-state index contributed by atoms with van der Waals surface area (Å²) in [5, 5.41) is 7.60. The van der Waals surface area contributed by atoms with Crippen molar-refractivity contribution in [2.45, 2.75) is 6.92 Å². The zero-order chi connectivity index (χ0) is 13.8. The van der Waals surface area contributed by atoms with Crippen molar-refractivity contribution in [3.63, 3.8) is 0 Å². The number of rotatable bonds is 4. The van der Waals surface area contributed by atoms with Gasteiger partial charge in [0, 0.05) is 24.0 Å². The summed E-state index contributed by atoms with van der Waals surface area (Å²) < 4.78 is 13.0. The Morgan fingerprint density at radius 1 is 1.32 bits per heavy atom.